The predicted octanol–water partition coefficient (Wildman–Crippen LogP) is 5.26. The minimum atomic E-state index is -1.46. The molecule has 5 heteroatoms. The number of aryl methyl sites for hydroxylation is 1. The van der Waals surface area contributed by atoms with E-state index in [-0.39, 0.29) is 6.04 Å². The van der Waals surface area contributed by atoms with E-state index in [0.29, 0.717) is 12.0 Å². The lowest BCUT2D eigenvalue weighted by atomic mass is 9.79. The van der Waals surface area contributed by atoms with E-state index < -0.39 is 7.12 Å². The third kappa shape index (κ3) is 4.76. The highest BCUT2D eigenvalue weighted by atomic mass is 16.4. The Hall–Kier alpha value is -3.38. The second-order valence-corrected chi connectivity index (χ2v) is 9.22. The Morgan fingerprint density at radius 2 is 1.43 bits per heavy atom. The summed E-state index contributed by atoms with van der Waals surface area (Å²) in [6.45, 7) is 6.85. The van der Waals surface area contributed by atoms with E-state index in [0.717, 1.165) is 18.7 Å². The largest absolute Gasteiger partial charge is 0.488 e. The summed E-state index contributed by atoms with van der Waals surface area (Å²) < 4.78 is 2.38. The second kappa shape index (κ2) is 10.1. The predicted molar refractivity (Wildman–Crippen MR) is 145 cm³/mol. The third-order valence-electron chi connectivity index (χ3n) is 7.00. The molecule has 0 aliphatic rings. The van der Waals surface area contributed by atoms with Crippen LogP contribution in [0.1, 0.15) is 36.6 Å². The van der Waals surface area contributed by atoms with Crippen LogP contribution >= 0.6 is 0 Å². The fourth-order valence-corrected chi connectivity index (χ4v) is 5.13. The molecule has 1 heterocycles. The number of fused-ring (bicyclic) bond motifs is 3. The zero-order valence-corrected chi connectivity index (χ0v) is 20.3. The monoisotopic (exact) mass is 462 g/mol. The van der Waals surface area contributed by atoms with Crippen molar-refractivity contribution in [2.45, 2.75) is 39.5 Å². The SMILES string of the molecule is CCn1c2ccccc2c2cc(CN(Cc3cccc(B(O)O)c3)C(C)c3ccccc3)ccc21. The van der Waals surface area contributed by atoms with E-state index in [9.17, 15) is 10.0 Å². The lowest BCUT2D eigenvalue weighted by Gasteiger charge is -2.30. The van der Waals surface area contributed by atoms with Gasteiger partial charge in [-0.1, -0.05) is 78.9 Å². The van der Waals surface area contributed by atoms with Gasteiger partial charge in [-0.2, -0.15) is 0 Å². The summed E-state index contributed by atoms with van der Waals surface area (Å²) in [6.07, 6.45) is 0. The number of hydrogen-bond acceptors (Lipinski definition) is 3. The van der Waals surface area contributed by atoms with Crippen molar-refractivity contribution in [1.82, 2.24) is 9.47 Å². The van der Waals surface area contributed by atoms with E-state index in [1.54, 1.807) is 6.07 Å². The summed E-state index contributed by atoms with van der Waals surface area (Å²) in [5.41, 5.74) is 6.64. The van der Waals surface area contributed by atoms with E-state index >= 15 is 0 Å². The zero-order chi connectivity index (χ0) is 24.4. The molecule has 176 valence electrons. The van der Waals surface area contributed by atoms with Gasteiger partial charge in [0.1, 0.15) is 0 Å². The molecule has 0 amide bonds. The molecule has 0 bridgehead atoms. The first-order valence-corrected chi connectivity index (χ1v) is 12.3. The van der Waals surface area contributed by atoms with Crippen molar-refractivity contribution in [2.75, 3.05) is 0 Å². The third-order valence-corrected chi connectivity index (χ3v) is 7.00. The number of nitrogens with zero attached hydrogens (tertiary/aromatic N) is 2. The van der Waals surface area contributed by atoms with E-state index in [4.69, 9.17) is 0 Å². The molecule has 0 aliphatic heterocycles. The number of benzene rings is 4. The van der Waals surface area contributed by atoms with Gasteiger partial charge in [-0.3, -0.25) is 4.90 Å². The first kappa shape index (κ1) is 23.4. The summed E-state index contributed by atoms with van der Waals surface area (Å²) in [7, 11) is -1.46. The molecule has 0 aliphatic carbocycles. The molecule has 1 atom stereocenters. The van der Waals surface area contributed by atoms with Gasteiger partial charge in [0, 0.05) is 47.5 Å². The molecule has 2 N–H and O–H groups in total. The first-order valence-electron chi connectivity index (χ1n) is 12.3. The van der Waals surface area contributed by atoms with Gasteiger partial charge in [0.05, 0.1) is 0 Å². The van der Waals surface area contributed by atoms with Crippen LogP contribution in [0.5, 0.6) is 0 Å². The second-order valence-electron chi connectivity index (χ2n) is 9.22. The van der Waals surface area contributed by atoms with Crippen LogP contribution in [0.4, 0.5) is 0 Å². The average Bonchev–Trinajstić information content (AvgIpc) is 3.21. The molecule has 35 heavy (non-hydrogen) atoms. The van der Waals surface area contributed by atoms with Crippen LogP contribution in [-0.2, 0) is 19.6 Å². The number of hydrogen-bond donors (Lipinski definition) is 2. The molecule has 0 spiro atoms. The van der Waals surface area contributed by atoms with Crippen LogP contribution in [0.15, 0.2) is 97.1 Å². The Kier molecular flexibility index (Phi) is 6.73. The molecule has 4 nitrogen and oxygen atoms in total. The van der Waals surface area contributed by atoms with Crippen LogP contribution in [0.25, 0.3) is 21.8 Å². The smallest absolute Gasteiger partial charge is 0.423 e. The van der Waals surface area contributed by atoms with E-state index in [1.807, 2.05) is 18.2 Å². The Morgan fingerprint density at radius 3 is 2.17 bits per heavy atom. The quantitative estimate of drug-likeness (QED) is 0.310. The van der Waals surface area contributed by atoms with Gasteiger partial charge in [0.15, 0.2) is 0 Å². The minimum Gasteiger partial charge on any atom is -0.423 e. The lowest BCUT2D eigenvalue weighted by molar-refractivity contribution is 0.192. The molecule has 1 aromatic heterocycles. The van der Waals surface area contributed by atoms with Crippen LogP contribution < -0.4 is 5.46 Å². The molecule has 4 aromatic carbocycles. The molecule has 0 radical (unpaired) electrons. The number of para-hydroxylation sites is 1. The Labute approximate surface area is 207 Å². The molecular formula is C30H31BN2O2. The standard InChI is InChI=1S/C30H31BN2O2/c1-3-33-29-15-8-7-14-27(29)28-19-24(16-17-30(28)33)21-32(22(2)25-11-5-4-6-12-25)20-23-10-9-13-26(18-23)31(34)35/h4-19,22,34-35H,3,20-21H2,1-2H3. The molecule has 0 saturated carbocycles. The van der Waals surface area contributed by atoms with Crippen molar-refractivity contribution in [3.8, 4) is 0 Å². The lowest BCUT2D eigenvalue weighted by Crippen LogP contribution is -2.31. The van der Waals surface area contributed by atoms with Crippen molar-refractivity contribution in [2.24, 2.45) is 0 Å². The van der Waals surface area contributed by atoms with Gasteiger partial charge in [-0.25, -0.2) is 0 Å². The summed E-state index contributed by atoms with van der Waals surface area (Å²) in [5, 5.41) is 21.9. The molecule has 5 rings (SSSR count). The highest BCUT2D eigenvalue weighted by Gasteiger charge is 2.19. The van der Waals surface area contributed by atoms with Crippen molar-refractivity contribution >= 4 is 34.4 Å². The summed E-state index contributed by atoms with van der Waals surface area (Å²) in [5.74, 6) is 0. The van der Waals surface area contributed by atoms with Crippen LogP contribution in [0.2, 0.25) is 0 Å². The molecule has 0 fully saturated rings. The zero-order valence-electron chi connectivity index (χ0n) is 20.3. The highest BCUT2D eigenvalue weighted by molar-refractivity contribution is 6.58. The van der Waals surface area contributed by atoms with Crippen LogP contribution in [-0.4, -0.2) is 26.6 Å². The normalized spacial score (nSPS) is 12.5. The molecule has 5 aromatic rings. The first-order chi connectivity index (χ1) is 17.0. The van der Waals surface area contributed by atoms with Crippen molar-refractivity contribution in [3.05, 3.63) is 114 Å². The highest BCUT2D eigenvalue weighted by Crippen LogP contribution is 2.31. The van der Waals surface area contributed by atoms with E-state index in [1.165, 1.54) is 32.9 Å². The molecule has 0 saturated heterocycles. The molecular weight excluding hydrogens is 431 g/mol. The average molecular weight is 462 g/mol. The van der Waals surface area contributed by atoms with Gasteiger partial charge in [-0.15, -0.1) is 0 Å². The Morgan fingerprint density at radius 1 is 0.743 bits per heavy atom. The van der Waals surface area contributed by atoms with Crippen molar-refractivity contribution < 1.29 is 10.0 Å². The Balaban J connectivity index is 1.52. The fraction of sp³-hybridized carbons (Fsp3) is 0.200. The summed E-state index contributed by atoms with van der Waals surface area (Å²) in [6, 6.07) is 33.8. The van der Waals surface area contributed by atoms with E-state index in [2.05, 4.69) is 96.1 Å². The van der Waals surface area contributed by atoms with Gasteiger partial charge >= 0.3 is 7.12 Å². The van der Waals surface area contributed by atoms with Crippen molar-refractivity contribution in [1.29, 1.82) is 0 Å². The van der Waals surface area contributed by atoms with Gasteiger partial charge in [0.2, 0.25) is 0 Å². The fourth-order valence-electron chi connectivity index (χ4n) is 5.13. The minimum absolute atomic E-state index is 0.187. The maximum absolute atomic E-state index is 9.65. The van der Waals surface area contributed by atoms with Gasteiger partial charge in [0.25, 0.3) is 0 Å². The summed E-state index contributed by atoms with van der Waals surface area (Å²) >= 11 is 0. The number of rotatable bonds is 8. The maximum Gasteiger partial charge on any atom is 0.488 e. The van der Waals surface area contributed by atoms with Crippen LogP contribution in [0.3, 0.4) is 0 Å². The van der Waals surface area contributed by atoms with Crippen LogP contribution in [0, 0.1) is 0 Å². The topological polar surface area (TPSA) is 48.6 Å². The molecule has 1 unspecified atom stereocenters. The van der Waals surface area contributed by atoms with Gasteiger partial charge in [-0.05, 0) is 54.2 Å². The Bertz CT molecular complexity index is 1450. The number of aromatic nitrogens is 1. The van der Waals surface area contributed by atoms with Gasteiger partial charge < -0.3 is 14.6 Å². The summed E-state index contributed by atoms with van der Waals surface area (Å²) in [4.78, 5) is 2.44. The van der Waals surface area contributed by atoms with Crippen molar-refractivity contribution in [3.63, 3.8) is 0 Å². The maximum atomic E-state index is 9.65.